The van der Waals surface area contributed by atoms with Gasteiger partial charge in [-0.25, -0.2) is 9.97 Å². The Balaban J connectivity index is 1.39. The van der Waals surface area contributed by atoms with E-state index in [1.165, 1.54) is 5.56 Å². The number of rotatable bonds is 6. The Kier molecular flexibility index (Phi) is 5.41. The van der Waals surface area contributed by atoms with Gasteiger partial charge < -0.3 is 9.13 Å². The molecule has 6 rings (SSSR count). The third-order valence-electron chi connectivity index (χ3n) is 6.51. The second kappa shape index (κ2) is 8.88. The van der Waals surface area contributed by atoms with E-state index >= 15 is 0 Å². The van der Waals surface area contributed by atoms with Crippen LogP contribution in [0.5, 0.6) is 0 Å². The third kappa shape index (κ3) is 3.86. The van der Waals surface area contributed by atoms with Gasteiger partial charge in [0.2, 0.25) is 5.82 Å². The van der Waals surface area contributed by atoms with E-state index in [2.05, 4.69) is 86.1 Å². The molecule has 0 saturated heterocycles. The molecule has 0 saturated carbocycles. The Hall–Kier alpha value is -4.59. The summed E-state index contributed by atoms with van der Waals surface area (Å²) in [6.45, 7) is 7.00. The highest BCUT2D eigenvalue weighted by molar-refractivity contribution is 5.82. The fraction of sp³-hybridized carbons (Fsp3) is 0.179. The first kappa shape index (κ1) is 21.9. The highest BCUT2D eigenvalue weighted by Crippen LogP contribution is 2.32. The van der Waals surface area contributed by atoms with Crippen LogP contribution in [-0.2, 0) is 13.0 Å². The van der Waals surface area contributed by atoms with E-state index < -0.39 is 0 Å². The van der Waals surface area contributed by atoms with Crippen LogP contribution in [-0.4, -0.2) is 39.7 Å². The van der Waals surface area contributed by atoms with Gasteiger partial charge >= 0.3 is 0 Å². The Labute approximate surface area is 208 Å². The molecule has 8 nitrogen and oxygen atoms in total. The summed E-state index contributed by atoms with van der Waals surface area (Å²) in [5, 5.41) is 14.8. The average molecular weight is 475 g/mol. The number of aromatic amines is 1. The van der Waals surface area contributed by atoms with Crippen molar-refractivity contribution in [1.29, 1.82) is 0 Å². The van der Waals surface area contributed by atoms with Crippen LogP contribution in [0.1, 0.15) is 29.6 Å². The maximum absolute atomic E-state index is 4.88. The molecule has 0 fully saturated rings. The largest absolute Gasteiger partial charge is 0.324 e. The zero-order valence-electron chi connectivity index (χ0n) is 20.5. The molecule has 2 aromatic carbocycles. The number of tetrazole rings is 1. The number of aromatic nitrogens is 8. The van der Waals surface area contributed by atoms with Gasteiger partial charge in [-0.2, -0.15) is 5.21 Å². The number of imidazole rings is 1. The SMILES string of the molecule is CCc1nc2c(C)cc(C)nc2n1Cc1ccc(-c2cc(-n3cccc3)ccc2-c2nn[nH]n2)cc1. The normalized spacial score (nSPS) is 11.4. The molecule has 0 amide bonds. The number of nitrogens with one attached hydrogen (secondary N) is 1. The Morgan fingerprint density at radius 1 is 0.889 bits per heavy atom. The third-order valence-corrected chi connectivity index (χ3v) is 6.51. The summed E-state index contributed by atoms with van der Waals surface area (Å²) in [7, 11) is 0. The van der Waals surface area contributed by atoms with Crippen molar-refractivity contribution >= 4 is 11.2 Å². The molecule has 6 aromatic rings. The van der Waals surface area contributed by atoms with Crippen molar-refractivity contribution in [3.8, 4) is 28.2 Å². The van der Waals surface area contributed by atoms with E-state index in [9.17, 15) is 0 Å². The van der Waals surface area contributed by atoms with Crippen LogP contribution < -0.4 is 0 Å². The second-order valence-electron chi connectivity index (χ2n) is 8.97. The van der Waals surface area contributed by atoms with Gasteiger partial charge in [0, 0.05) is 35.8 Å². The lowest BCUT2D eigenvalue weighted by molar-refractivity contribution is 0.745. The van der Waals surface area contributed by atoms with E-state index in [0.29, 0.717) is 5.82 Å². The molecule has 0 unspecified atom stereocenters. The highest BCUT2D eigenvalue weighted by atomic mass is 15.5. The van der Waals surface area contributed by atoms with Crippen LogP contribution in [0.3, 0.4) is 0 Å². The summed E-state index contributed by atoms with van der Waals surface area (Å²) in [6.07, 6.45) is 4.93. The van der Waals surface area contributed by atoms with Crippen LogP contribution in [0.25, 0.3) is 39.4 Å². The summed E-state index contributed by atoms with van der Waals surface area (Å²) < 4.78 is 4.33. The molecular weight excluding hydrogens is 448 g/mol. The van der Waals surface area contributed by atoms with Gasteiger partial charge in [-0.15, -0.1) is 10.2 Å². The van der Waals surface area contributed by atoms with Crippen molar-refractivity contribution < 1.29 is 0 Å². The Morgan fingerprint density at radius 2 is 1.69 bits per heavy atom. The smallest absolute Gasteiger partial charge is 0.205 e. The number of aryl methyl sites for hydroxylation is 3. The van der Waals surface area contributed by atoms with E-state index in [1.54, 1.807) is 0 Å². The molecule has 0 radical (unpaired) electrons. The molecule has 36 heavy (non-hydrogen) atoms. The number of benzene rings is 2. The molecule has 1 N–H and O–H groups in total. The molecule has 0 aliphatic rings. The topological polar surface area (TPSA) is 90.1 Å². The van der Waals surface area contributed by atoms with Crippen LogP contribution in [0.2, 0.25) is 0 Å². The number of hydrogen-bond acceptors (Lipinski definition) is 5. The average Bonchev–Trinajstić information content (AvgIpc) is 3.66. The van der Waals surface area contributed by atoms with Crippen LogP contribution >= 0.6 is 0 Å². The van der Waals surface area contributed by atoms with Crippen LogP contribution in [0.15, 0.2) is 73.1 Å². The van der Waals surface area contributed by atoms with Crippen molar-refractivity contribution in [2.45, 2.75) is 33.7 Å². The lowest BCUT2D eigenvalue weighted by Gasteiger charge is -2.13. The minimum Gasteiger partial charge on any atom is -0.324 e. The molecule has 0 aliphatic carbocycles. The predicted molar refractivity (Wildman–Crippen MR) is 140 cm³/mol. The van der Waals surface area contributed by atoms with E-state index in [0.717, 1.165) is 63.6 Å². The summed E-state index contributed by atoms with van der Waals surface area (Å²) >= 11 is 0. The van der Waals surface area contributed by atoms with E-state index in [4.69, 9.17) is 9.97 Å². The summed E-state index contributed by atoms with van der Waals surface area (Å²) in [4.78, 5) is 9.70. The molecule has 0 spiro atoms. The van der Waals surface area contributed by atoms with Gasteiger partial charge in [0.05, 0.1) is 6.54 Å². The van der Waals surface area contributed by atoms with Crippen LogP contribution in [0.4, 0.5) is 0 Å². The number of nitrogens with zero attached hydrogens (tertiary/aromatic N) is 7. The first-order valence-electron chi connectivity index (χ1n) is 12.0. The fourth-order valence-corrected chi connectivity index (χ4v) is 4.77. The highest BCUT2D eigenvalue weighted by Gasteiger charge is 2.15. The molecular formula is C28H26N8. The van der Waals surface area contributed by atoms with Gasteiger partial charge in [0.15, 0.2) is 5.65 Å². The maximum atomic E-state index is 4.88. The van der Waals surface area contributed by atoms with Gasteiger partial charge in [-0.05, 0) is 77.7 Å². The quantitative estimate of drug-likeness (QED) is 0.354. The number of H-pyrrole nitrogens is 1. The second-order valence-corrected chi connectivity index (χ2v) is 8.97. The summed E-state index contributed by atoms with van der Waals surface area (Å²) in [5.41, 5.74) is 9.43. The molecule has 0 aliphatic heterocycles. The van der Waals surface area contributed by atoms with Gasteiger partial charge in [0.25, 0.3) is 0 Å². The predicted octanol–water partition coefficient (Wildman–Crippen LogP) is 5.30. The number of pyridine rings is 1. The van der Waals surface area contributed by atoms with Gasteiger partial charge in [0.1, 0.15) is 11.3 Å². The van der Waals surface area contributed by atoms with Crippen molar-refractivity contribution in [2.24, 2.45) is 0 Å². The lowest BCUT2D eigenvalue weighted by atomic mass is 9.97. The standard InChI is InChI=1S/C28H26N8/c1-4-25-30-26-18(2)15-19(3)29-28(26)36(25)17-20-7-9-21(10-8-20)24-16-22(35-13-5-6-14-35)11-12-23(24)27-31-33-34-32-27/h5-16H,4,17H2,1-3H3,(H,31,32,33,34). The molecule has 0 atom stereocenters. The number of hydrogen-bond donors (Lipinski definition) is 1. The minimum atomic E-state index is 0.572. The summed E-state index contributed by atoms with van der Waals surface area (Å²) in [6, 6.07) is 21.1. The fourth-order valence-electron chi connectivity index (χ4n) is 4.77. The zero-order chi connectivity index (χ0) is 24.6. The molecule has 8 heteroatoms. The first-order chi connectivity index (χ1) is 17.6. The van der Waals surface area contributed by atoms with E-state index in [-0.39, 0.29) is 0 Å². The Morgan fingerprint density at radius 3 is 2.42 bits per heavy atom. The molecule has 178 valence electrons. The zero-order valence-corrected chi connectivity index (χ0v) is 20.5. The van der Waals surface area contributed by atoms with Gasteiger partial charge in [-0.1, -0.05) is 31.2 Å². The molecule has 0 bridgehead atoms. The van der Waals surface area contributed by atoms with E-state index in [1.807, 2.05) is 37.5 Å². The van der Waals surface area contributed by atoms with Crippen molar-refractivity contribution in [2.75, 3.05) is 0 Å². The number of fused-ring (bicyclic) bond motifs is 1. The monoisotopic (exact) mass is 474 g/mol. The Bertz CT molecular complexity index is 1640. The molecule has 4 aromatic heterocycles. The van der Waals surface area contributed by atoms with Gasteiger partial charge in [-0.3, -0.25) is 0 Å². The van der Waals surface area contributed by atoms with Crippen molar-refractivity contribution in [3.63, 3.8) is 0 Å². The maximum Gasteiger partial charge on any atom is 0.205 e. The molecule has 4 heterocycles. The minimum absolute atomic E-state index is 0.572. The van der Waals surface area contributed by atoms with Crippen LogP contribution in [0, 0.1) is 13.8 Å². The first-order valence-corrected chi connectivity index (χ1v) is 12.0. The lowest BCUT2D eigenvalue weighted by Crippen LogP contribution is -2.05. The summed E-state index contributed by atoms with van der Waals surface area (Å²) in [5.74, 6) is 1.62. The van der Waals surface area contributed by atoms with Crippen molar-refractivity contribution in [3.05, 3.63) is 95.7 Å². The van der Waals surface area contributed by atoms with Crippen molar-refractivity contribution in [1.82, 2.24) is 39.7 Å².